The number of fused-ring (bicyclic) bond motifs is 1. The molecule has 4 nitrogen and oxygen atoms in total. The van der Waals surface area contributed by atoms with Crippen LogP contribution in [0.4, 0.5) is 0 Å². The zero-order valence-corrected chi connectivity index (χ0v) is 7.14. The van der Waals surface area contributed by atoms with Gasteiger partial charge in [-0.25, -0.2) is 0 Å². The van der Waals surface area contributed by atoms with Gasteiger partial charge in [0.1, 0.15) is 0 Å². The van der Waals surface area contributed by atoms with Gasteiger partial charge < -0.3 is 5.11 Å². The summed E-state index contributed by atoms with van der Waals surface area (Å²) in [4.78, 5) is 2.76. The van der Waals surface area contributed by atoms with Crippen molar-refractivity contribution >= 4 is 0 Å². The molecule has 0 amide bonds. The normalized spacial score (nSPS) is 50.7. The van der Waals surface area contributed by atoms with Crippen LogP contribution in [0.5, 0.6) is 0 Å². The molecule has 66 valence electrons. The highest BCUT2D eigenvalue weighted by molar-refractivity contribution is 5.08. The van der Waals surface area contributed by atoms with E-state index >= 15 is 0 Å². The second-order valence-corrected chi connectivity index (χ2v) is 4.19. The standard InChI is InChI=1S/C8H13N3O/c1-8-3-2-5(8)4-6(7(8)12)10-11-9/h5-7,12H,2-4H2,1H3/t5?,6-,7-,8+/m0/s1. The molecule has 0 aromatic carbocycles. The molecule has 2 rings (SSSR count). The van der Waals surface area contributed by atoms with Crippen LogP contribution in [-0.2, 0) is 0 Å². The maximum Gasteiger partial charge on any atom is 0.0681 e. The summed E-state index contributed by atoms with van der Waals surface area (Å²) in [6.45, 7) is 2.10. The fraction of sp³-hybridized carbons (Fsp3) is 1.00. The lowest BCUT2D eigenvalue weighted by molar-refractivity contribution is -0.0287. The zero-order chi connectivity index (χ0) is 8.77. The van der Waals surface area contributed by atoms with Gasteiger partial charge in [0.2, 0.25) is 0 Å². The van der Waals surface area contributed by atoms with E-state index in [1.165, 1.54) is 6.42 Å². The minimum atomic E-state index is -0.410. The zero-order valence-electron chi connectivity index (χ0n) is 7.14. The summed E-state index contributed by atoms with van der Waals surface area (Å²) < 4.78 is 0. The molecule has 4 heteroatoms. The van der Waals surface area contributed by atoms with Gasteiger partial charge in [0, 0.05) is 4.91 Å². The van der Waals surface area contributed by atoms with Crippen LogP contribution in [0, 0.1) is 11.3 Å². The number of aliphatic hydroxyl groups excluding tert-OH is 1. The Hall–Kier alpha value is -0.730. The lowest BCUT2D eigenvalue weighted by Gasteiger charge is -2.44. The van der Waals surface area contributed by atoms with Gasteiger partial charge in [0.05, 0.1) is 12.1 Å². The second kappa shape index (κ2) is 2.38. The molecule has 2 fully saturated rings. The van der Waals surface area contributed by atoms with Gasteiger partial charge in [-0.1, -0.05) is 12.0 Å². The van der Waals surface area contributed by atoms with Gasteiger partial charge in [0.15, 0.2) is 0 Å². The Morgan fingerprint density at radius 2 is 2.42 bits per heavy atom. The highest BCUT2D eigenvalue weighted by Gasteiger charge is 2.56. The first-order chi connectivity index (χ1) is 5.68. The first kappa shape index (κ1) is 7.90. The second-order valence-electron chi connectivity index (χ2n) is 4.19. The molecule has 0 aliphatic heterocycles. The van der Waals surface area contributed by atoms with Crippen molar-refractivity contribution in [1.82, 2.24) is 0 Å². The molecule has 12 heavy (non-hydrogen) atoms. The molecular formula is C8H13N3O. The quantitative estimate of drug-likeness (QED) is 0.361. The fourth-order valence-corrected chi connectivity index (χ4v) is 2.62. The Balaban J connectivity index is 2.19. The Labute approximate surface area is 71.2 Å². The van der Waals surface area contributed by atoms with E-state index < -0.39 is 6.10 Å². The van der Waals surface area contributed by atoms with Crippen LogP contribution in [0.2, 0.25) is 0 Å². The third-order valence-corrected chi connectivity index (χ3v) is 3.73. The highest BCUT2D eigenvalue weighted by atomic mass is 16.3. The summed E-state index contributed by atoms with van der Waals surface area (Å²) >= 11 is 0. The summed E-state index contributed by atoms with van der Waals surface area (Å²) in [5.41, 5.74) is 8.32. The van der Waals surface area contributed by atoms with Gasteiger partial charge in [-0.2, -0.15) is 0 Å². The summed E-state index contributed by atoms with van der Waals surface area (Å²) in [6, 6.07) is -0.174. The van der Waals surface area contributed by atoms with E-state index in [1.54, 1.807) is 0 Å². The summed E-state index contributed by atoms with van der Waals surface area (Å²) in [7, 11) is 0. The van der Waals surface area contributed by atoms with Crippen LogP contribution in [0.15, 0.2) is 5.11 Å². The largest absolute Gasteiger partial charge is 0.392 e. The van der Waals surface area contributed by atoms with Gasteiger partial charge in [-0.3, -0.25) is 0 Å². The molecule has 2 aliphatic rings. The SMILES string of the molecule is C[C@@]12CCC1C[C@H](N=[N+]=[N-])[C@@H]2O. The Morgan fingerprint density at radius 1 is 1.67 bits per heavy atom. The van der Waals surface area contributed by atoms with E-state index in [9.17, 15) is 5.11 Å². The van der Waals surface area contributed by atoms with E-state index in [0.717, 1.165) is 12.8 Å². The van der Waals surface area contributed by atoms with Crippen molar-refractivity contribution in [2.75, 3.05) is 0 Å². The molecule has 0 aromatic rings. The number of aliphatic hydroxyl groups is 1. The van der Waals surface area contributed by atoms with Crippen molar-refractivity contribution in [2.24, 2.45) is 16.4 Å². The van der Waals surface area contributed by atoms with Crippen molar-refractivity contribution in [3.8, 4) is 0 Å². The predicted octanol–water partition coefficient (Wildman–Crippen LogP) is 1.85. The number of hydrogen-bond acceptors (Lipinski definition) is 2. The molecule has 0 aromatic heterocycles. The van der Waals surface area contributed by atoms with E-state index in [0.29, 0.717) is 5.92 Å². The minimum absolute atomic E-state index is 0.0544. The third-order valence-electron chi connectivity index (χ3n) is 3.73. The molecule has 2 aliphatic carbocycles. The predicted molar refractivity (Wildman–Crippen MR) is 44.4 cm³/mol. The smallest absolute Gasteiger partial charge is 0.0681 e. The molecule has 2 saturated carbocycles. The number of nitrogens with zero attached hydrogens (tertiary/aromatic N) is 3. The van der Waals surface area contributed by atoms with Crippen molar-refractivity contribution in [2.45, 2.75) is 38.3 Å². The first-order valence-corrected chi connectivity index (χ1v) is 4.41. The highest BCUT2D eigenvalue weighted by Crippen LogP contribution is 2.57. The first-order valence-electron chi connectivity index (χ1n) is 4.41. The molecule has 1 N–H and O–H groups in total. The van der Waals surface area contributed by atoms with Crippen LogP contribution in [0.1, 0.15) is 26.2 Å². The topological polar surface area (TPSA) is 69.0 Å². The average Bonchev–Trinajstić information content (AvgIpc) is 2.19. The average molecular weight is 167 g/mol. The Bertz CT molecular complexity index is 249. The van der Waals surface area contributed by atoms with Gasteiger partial charge >= 0.3 is 0 Å². The number of rotatable bonds is 1. The molecular weight excluding hydrogens is 154 g/mol. The molecule has 0 saturated heterocycles. The van der Waals surface area contributed by atoms with Crippen LogP contribution >= 0.6 is 0 Å². The molecule has 0 heterocycles. The lowest BCUT2D eigenvalue weighted by atomic mass is 9.62. The van der Waals surface area contributed by atoms with Crippen LogP contribution in [-0.4, -0.2) is 17.3 Å². The number of azide groups is 1. The Morgan fingerprint density at radius 3 is 2.75 bits per heavy atom. The van der Waals surface area contributed by atoms with Gasteiger partial charge in [-0.15, -0.1) is 0 Å². The van der Waals surface area contributed by atoms with Crippen molar-refractivity contribution in [1.29, 1.82) is 0 Å². The van der Waals surface area contributed by atoms with Crippen LogP contribution < -0.4 is 0 Å². The number of hydrogen-bond donors (Lipinski definition) is 1. The molecule has 0 spiro atoms. The van der Waals surface area contributed by atoms with Gasteiger partial charge in [-0.05, 0) is 36.1 Å². The molecule has 0 bridgehead atoms. The Kier molecular flexibility index (Phi) is 1.56. The van der Waals surface area contributed by atoms with E-state index in [4.69, 9.17) is 5.53 Å². The molecule has 4 atom stereocenters. The maximum absolute atomic E-state index is 9.80. The monoisotopic (exact) mass is 167 g/mol. The van der Waals surface area contributed by atoms with Crippen molar-refractivity contribution in [3.63, 3.8) is 0 Å². The minimum Gasteiger partial charge on any atom is -0.392 e. The van der Waals surface area contributed by atoms with Gasteiger partial charge in [0.25, 0.3) is 0 Å². The van der Waals surface area contributed by atoms with Crippen molar-refractivity contribution in [3.05, 3.63) is 10.4 Å². The third kappa shape index (κ3) is 0.793. The van der Waals surface area contributed by atoms with E-state index in [2.05, 4.69) is 16.9 Å². The van der Waals surface area contributed by atoms with Crippen LogP contribution in [0.3, 0.4) is 0 Å². The van der Waals surface area contributed by atoms with Crippen LogP contribution in [0.25, 0.3) is 10.4 Å². The maximum atomic E-state index is 9.80. The van der Waals surface area contributed by atoms with E-state index in [-0.39, 0.29) is 11.5 Å². The molecule has 0 radical (unpaired) electrons. The summed E-state index contributed by atoms with van der Waals surface area (Å²) in [5, 5.41) is 13.4. The fourth-order valence-electron chi connectivity index (χ4n) is 2.62. The lowest BCUT2D eigenvalue weighted by Crippen LogP contribution is -2.42. The molecule has 1 unspecified atom stereocenters. The van der Waals surface area contributed by atoms with Crippen molar-refractivity contribution < 1.29 is 5.11 Å². The van der Waals surface area contributed by atoms with E-state index in [1.807, 2.05) is 0 Å². The summed E-state index contributed by atoms with van der Waals surface area (Å²) in [6.07, 6.45) is 2.73. The summed E-state index contributed by atoms with van der Waals surface area (Å²) in [5.74, 6) is 0.586.